The molecule has 0 radical (unpaired) electrons. The molecule has 1 heterocycles. The molecule has 1 aromatic heterocycles. The van der Waals surface area contributed by atoms with Crippen LogP contribution < -0.4 is 21.3 Å². The van der Waals surface area contributed by atoms with Crippen LogP contribution in [-0.2, 0) is 6.61 Å². The zero-order valence-corrected chi connectivity index (χ0v) is 12.2. The molecule has 0 aliphatic carbocycles. The number of H-pyrrole nitrogens is 2. The molecule has 0 saturated carbocycles. The summed E-state index contributed by atoms with van der Waals surface area (Å²) in [5, 5.41) is 2.96. The molecule has 2 aromatic carbocycles. The highest BCUT2D eigenvalue weighted by Gasteiger charge is 2.00. The van der Waals surface area contributed by atoms with E-state index in [9.17, 15) is 9.59 Å². The Labute approximate surface area is 131 Å². The van der Waals surface area contributed by atoms with Crippen LogP contribution in [0, 0.1) is 0 Å². The van der Waals surface area contributed by atoms with Crippen molar-refractivity contribution in [3.05, 3.63) is 87.1 Å². The fourth-order valence-electron chi connectivity index (χ4n) is 2.07. The molecule has 23 heavy (non-hydrogen) atoms. The number of ether oxygens (including phenoxy) is 1. The van der Waals surface area contributed by atoms with Gasteiger partial charge in [-0.2, -0.15) is 0 Å². The second kappa shape index (κ2) is 6.65. The normalized spacial score (nSPS) is 10.3. The van der Waals surface area contributed by atoms with E-state index >= 15 is 0 Å². The fourth-order valence-corrected chi connectivity index (χ4v) is 2.07. The molecule has 6 nitrogen and oxygen atoms in total. The highest BCUT2D eigenvalue weighted by Crippen LogP contribution is 2.19. The van der Waals surface area contributed by atoms with Crippen LogP contribution in [0.2, 0.25) is 0 Å². The molecule has 116 valence electrons. The van der Waals surface area contributed by atoms with Crippen molar-refractivity contribution >= 4 is 11.5 Å². The molecule has 3 rings (SSSR count). The lowest BCUT2D eigenvalue weighted by Crippen LogP contribution is -2.22. The second-order valence-corrected chi connectivity index (χ2v) is 4.93. The van der Waals surface area contributed by atoms with Gasteiger partial charge in [0.1, 0.15) is 18.2 Å². The summed E-state index contributed by atoms with van der Waals surface area (Å²) in [5.41, 5.74) is 0.816. The number of hydrogen-bond acceptors (Lipinski definition) is 4. The van der Waals surface area contributed by atoms with Gasteiger partial charge in [-0.15, -0.1) is 0 Å². The molecule has 0 bridgehead atoms. The molecule has 0 fully saturated rings. The monoisotopic (exact) mass is 309 g/mol. The molecule has 3 N–H and O–H groups in total. The Hall–Kier alpha value is -3.28. The van der Waals surface area contributed by atoms with Gasteiger partial charge in [-0.3, -0.25) is 14.8 Å². The first-order valence-corrected chi connectivity index (χ1v) is 7.06. The summed E-state index contributed by atoms with van der Waals surface area (Å²) >= 11 is 0. The maximum atomic E-state index is 11.2. The summed E-state index contributed by atoms with van der Waals surface area (Å²) in [6.45, 7) is 0.495. The van der Waals surface area contributed by atoms with Crippen LogP contribution in [0.4, 0.5) is 11.5 Å². The third kappa shape index (κ3) is 4.10. The Morgan fingerprint density at radius 2 is 1.65 bits per heavy atom. The minimum Gasteiger partial charge on any atom is -0.489 e. The van der Waals surface area contributed by atoms with Crippen LogP contribution >= 0.6 is 0 Å². The minimum absolute atomic E-state index is 0.330. The smallest absolute Gasteiger partial charge is 0.327 e. The van der Waals surface area contributed by atoms with Gasteiger partial charge in [0.2, 0.25) is 0 Å². The lowest BCUT2D eigenvalue weighted by molar-refractivity contribution is 0.306. The summed E-state index contributed by atoms with van der Waals surface area (Å²) < 4.78 is 5.69. The summed E-state index contributed by atoms with van der Waals surface area (Å²) in [4.78, 5) is 27.1. The Bertz CT molecular complexity index is 855. The molecule has 0 amide bonds. The quantitative estimate of drug-likeness (QED) is 0.675. The standard InChI is InChI=1S/C17H15N3O3/c21-16-10-15(19-17(22)20-16)18-13-6-8-14(9-7-13)23-11-12-4-2-1-3-5-12/h1-10H,11H2,(H3,18,19,20,21,22). The van der Waals surface area contributed by atoms with Crippen LogP contribution in [-0.4, -0.2) is 9.97 Å². The number of anilines is 2. The molecule has 0 atom stereocenters. The van der Waals surface area contributed by atoms with Gasteiger partial charge in [-0.1, -0.05) is 30.3 Å². The van der Waals surface area contributed by atoms with E-state index in [1.807, 2.05) is 42.5 Å². The van der Waals surface area contributed by atoms with Crippen molar-refractivity contribution in [3.8, 4) is 5.75 Å². The minimum atomic E-state index is -0.553. The number of aromatic amines is 2. The zero-order valence-electron chi connectivity index (χ0n) is 12.2. The summed E-state index contributed by atoms with van der Waals surface area (Å²) in [5.74, 6) is 1.07. The van der Waals surface area contributed by atoms with E-state index in [1.54, 1.807) is 12.1 Å². The first-order chi connectivity index (χ1) is 11.2. The number of nitrogens with one attached hydrogen (secondary N) is 3. The third-order valence-corrected chi connectivity index (χ3v) is 3.14. The topological polar surface area (TPSA) is 87.0 Å². The molecule has 0 saturated heterocycles. The molecular weight excluding hydrogens is 294 g/mol. The van der Waals surface area contributed by atoms with Crippen LogP contribution in [0.5, 0.6) is 5.75 Å². The Kier molecular flexibility index (Phi) is 4.24. The third-order valence-electron chi connectivity index (χ3n) is 3.14. The van der Waals surface area contributed by atoms with Gasteiger partial charge in [-0.05, 0) is 29.8 Å². The van der Waals surface area contributed by atoms with Crippen LogP contribution in [0.3, 0.4) is 0 Å². The highest BCUT2D eigenvalue weighted by molar-refractivity contribution is 5.56. The van der Waals surface area contributed by atoms with Gasteiger partial charge in [0.15, 0.2) is 0 Å². The number of aromatic nitrogens is 2. The van der Waals surface area contributed by atoms with Crippen molar-refractivity contribution in [2.24, 2.45) is 0 Å². The molecule has 0 aliphatic heterocycles. The average molecular weight is 309 g/mol. The molecular formula is C17H15N3O3. The van der Waals surface area contributed by atoms with Gasteiger partial charge in [0, 0.05) is 11.8 Å². The van der Waals surface area contributed by atoms with E-state index in [-0.39, 0.29) is 0 Å². The van der Waals surface area contributed by atoms with E-state index in [0.717, 1.165) is 17.0 Å². The first-order valence-electron chi connectivity index (χ1n) is 7.06. The molecule has 0 unspecified atom stereocenters. The second-order valence-electron chi connectivity index (χ2n) is 4.93. The lowest BCUT2D eigenvalue weighted by atomic mass is 10.2. The van der Waals surface area contributed by atoms with Crippen molar-refractivity contribution in [1.29, 1.82) is 0 Å². The van der Waals surface area contributed by atoms with Crippen molar-refractivity contribution in [2.75, 3.05) is 5.32 Å². The Morgan fingerprint density at radius 1 is 0.913 bits per heavy atom. The summed E-state index contributed by atoms with van der Waals surface area (Å²) in [7, 11) is 0. The lowest BCUT2D eigenvalue weighted by Gasteiger charge is -2.08. The maximum Gasteiger partial charge on any atom is 0.327 e. The Morgan fingerprint density at radius 3 is 2.35 bits per heavy atom. The van der Waals surface area contributed by atoms with E-state index < -0.39 is 11.2 Å². The first kappa shape index (κ1) is 14.6. The predicted octanol–water partition coefficient (Wildman–Crippen LogP) is 2.39. The highest BCUT2D eigenvalue weighted by atomic mass is 16.5. The molecule has 0 aliphatic rings. The molecule has 6 heteroatoms. The van der Waals surface area contributed by atoms with E-state index in [1.165, 1.54) is 6.07 Å². The zero-order chi connectivity index (χ0) is 16.1. The van der Waals surface area contributed by atoms with E-state index in [0.29, 0.717) is 12.4 Å². The largest absolute Gasteiger partial charge is 0.489 e. The van der Waals surface area contributed by atoms with Gasteiger partial charge >= 0.3 is 5.69 Å². The van der Waals surface area contributed by atoms with E-state index in [2.05, 4.69) is 15.3 Å². The fraction of sp³-hybridized carbons (Fsp3) is 0.0588. The number of rotatable bonds is 5. The number of hydrogen-bond donors (Lipinski definition) is 3. The van der Waals surface area contributed by atoms with Crippen LogP contribution in [0.25, 0.3) is 0 Å². The van der Waals surface area contributed by atoms with Crippen LogP contribution in [0.1, 0.15) is 5.56 Å². The SMILES string of the molecule is O=c1cc(Nc2ccc(OCc3ccccc3)cc2)[nH]c(=O)[nH]1. The van der Waals surface area contributed by atoms with Crippen molar-refractivity contribution in [1.82, 2.24) is 9.97 Å². The Balaban J connectivity index is 1.65. The van der Waals surface area contributed by atoms with E-state index in [4.69, 9.17) is 4.74 Å². The summed E-state index contributed by atoms with van der Waals surface area (Å²) in [6, 6.07) is 18.4. The van der Waals surface area contributed by atoms with Crippen LogP contribution in [0.15, 0.2) is 70.3 Å². The van der Waals surface area contributed by atoms with Gasteiger partial charge in [0.25, 0.3) is 5.56 Å². The molecule has 3 aromatic rings. The predicted molar refractivity (Wildman–Crippen MR) is 88.2 cm³/mol. The van der Waals surface area contributed by atoms with Crippen molar-refractivity contribution < 1.29 is 4.74 Å². The maximum absolute atomic E-state index is 11.2. The van der Waals surface area contributed by atoms with Gasteiger partial charge in [-0.25, -0.2) is 4.79 Å². The van der Waals surface area contributed by atoms with Gasteiger partial charge in [0.05, 0.1) is 0 Å². The summed E-state index contributed by atoms with van der Waals surface area (Å²) in [6.07, 6.45) is 0. The van der Waals surface area contributed by atoms with Crippen molar-refractivity contribution in [3.63, 3.8) is 0 Å². The van der Waals surface area contributed by atoms with Crippen molar-refractivity contribution in [2.45, 2.75) is 6.61 Å². The van der Waals surface area contributed by atoms with Gasteiger partial charge < -0.3 is 10.1 Å². The average Bonchev–Trinajstić information content (AvgIpc) is 2.54. The number of benzene rings is 2. The molecule has 0 spiro atoms.